The first-order chi connectivity index (χ1) is 15.8. The molecule has 11 heteroatoms. The van der Waals surface area contributed by atoms with Crippen LogP contribution in [0, 0.1) is 5.92 Å². The summed E-state index contributed by atoms with van der Waals surface area (Å²) in [6.07, 6.45) is -0.145. The Hall–Kier alpha value is -3.79. The van der Waals surface area contributed by atoms with E-state index in [9.17, 15) is 19.2 Å². The summed E-state index contributed by atoms with van der Waals surface area (Å²) < 4.78 is 15.4. The van der Waals surface area contributed by atoms with E-state index in [1.54, 1.807) is 30.3 Å². The zero-order valence-electron chi connectivity index (χ0n) is 17.9. The van der Waals surface area contributed by atoms with Crippen LogP contribution >= 0.6 is 11.6 Å². The van der Waals surface area contributed by atoms with Gasteiger partial charge < -0.3 is 19.5 Å². The average molecular weight is 476 g/mol. The predicted octanol–water partition coefficient (Wildman–Crippen LogP) is 2.03. The Balaban J connectivity index is 1.49. The minimum Gasteiger partial charge on any atom is -0.497 e. The van der Waals surface area contributed by atoms with Gasteiger partial charge in [0.1, 0.15) is 11.5 Å². The van der Waals surface area contributed by atoms with E-state index in [1.165, 1.54) is 26.4 Å². The first-order valence-electron chi connectivity index (χ1n) is 9.86. The third-order valence-corrected chi connectivity index (χ3v) is 5.08. The molecule has 0 unspecified atom stereocenters. The van der Waals surface area contributed by atoms with E-state index in [4.69, 9.17) is 25.8 Å². The zero-order chi connectivity index (χ0) is 24.0. The van der Waals surface area contributed by atoms with Crippen LogP contribution in [-0.2, 0) is 19.1 Å². The SMILES string of the molecule is COc1ccc(NC(=O)COC(=O)[C@@H]2CC(=O)N(NC(=O)c3ccc(Cl)cc3)C2)c(OC)c1. The summed E-state index contributed by atoms with van der Waals surface area (Å²) in [5, 5.41) is 4.12. The smallest absolute Gasteiger partial charge is 0.311 e. The van der Waals surface area contributed by atoms with Crippen molar-refractivity contribution < 1.29 is 33.4 Å². The number of benzene rings is 2. The molecule has 1 fully saturated rings. The number of hydrogen-bond acceptors (Lipinski definition) is 7. The van der Waals surface area contributed by atoms with E-state index >= 15 is 0 Å². The van der Waals surface area contributed by atoms with Gasteiger partial charge in [-0.1, -0.05) is 11.6 Å². The molecule has 2 N–H and O–H groups in total. The van der Waals surface area contributed by atoms with Gasteiger partial charge in [-0.25, -0.2) is 0 Å². The molecule has 1 heterocycles. The van der Waals surface area contributed by atoms with Gasteiger partial charge in [0.05, 0.1) is 32.4 Å². The van der Waals surface area contributed by atoms with Crippen molar-refractivity contribution in [3.05, 3.63) is 53.1 Å². The van der Waals surface area contributed by atoms with Crippen molar-refractivity contribution in [3.63, 3.8) is 0 Å². The first-order valence-corrected chi connectivity index (χ1v) is 10.2. The van der Waals surface area contributed by atoms with Crippen LogP contribution in [0.25, 0.3) is 0 Å². The summed E-state index contributed by atoms with van der Waals surface area (Å²) in [5.74, 6) is -2.13. The Bertz CT molecular complexity index is 1060. The Kier molecular flexibility index (Phi) is 7.73. The Morgan fingerprint density at radius 1 is 1.09 bits per heavy atom. The van der Waals surface area contributed by atoms with Crippen molar-refractivity contribution in [2.45, 2.75) is 6.42 Å². The molecule has 33 heavy (non-hydrogen) atoms. The Morgan fingerprint density at radius 3 is 2.48 bits per heavy atom. The van der Waals surface area contributed by atoms with E-state index < -0.39 is 36.2 Å². The van der Waals surface area contributed by atoms with Crippen LogP contribution in [0.2, 0.25) is 5.02 Å². The monoisotopic (exact) mass is 475 g/mol. The second-order valence-corrected chi connectivity index (χ2v) is 7.51. The highest BCUT2D eigenvalue weighted by atomic mass is 35.5. The molecule has 1 aliphatic rings. The number of carbonyl (C=O) groups is 4. The Labute approximate surface area is 194 Å². The third-order valence-electron chi connectivity index (χ3n) is 4.83. The maximum Gasteiger partial charge on any atom is 0.311 e. The minimum absolute atomic E-state index is 0.0646. The van der Waals surface area contributed by atoms with Crippen LogP contribution in [-0.4, -0.2) is 56.1 Å². The van der Waals surface area contributed by atoms with Gasteiger partial charge in [-0.05, 0) is 36.4 Å². The number of hydrogen-bond donors (Lipinski definition) is 2. The fraction of sp³-hybridized carbons (Fsp3) is 0.273. The summed E-state index contributed by atoms with van der Waals surface area (Å²) in [7, 11) is 2.95. The molecule has 0 bridgehead atoms. The van der Waals surface area contributed by atoms with Crippen molar-refractivity contribution in [2.24, 2.45) is 5.92 Å². The van der Waals surface area contributed by atoms with Gasteiger partial charge >= 0.3 is 5.97 Å². The normalized spacial score (nSPS) is 15.1. The summed E-state index contributed by atoms with van der Waals surface area (Å²) in [4.78, 5) is 49.0. The number of esters is 1. The number of amides is 3. The fourth-order valence-electron chi connectivity index (χ4n) is 3.10. The fourth-order valence-corrected chi connectivity index (χ4v) is 3.23. The first kappa shape index (κ1) is 23.9. The van der Waals surface area contributed by atoms with Gasteiger partial charge in [-0.15, -0.1) is 0 Å². The molecule has 0 aromatic heterocycles. The lowest BCUT2D eigenvalue weighted by Gasteiger charge is -2.17. The Morgan fingerprint density at radius 2 is 1.82 bits per heavy atom. The van der Waals surface area contributed by atoms with Gasteiger partial charge in [0.25, 0.3) is 11.8 Å². The second kappa shape index (κ2) is 10.7. The molecule has 2 aromatic rings. The van der Waals surface area contributed by atoms with Crippen LogP contribution in [0.15, 0.2) is 42.5 Å². The highest BCUT2D eigenvalue weighted by molar-refractivity contribution is 6.30. The molecular weight excluding hydrogens is 454 g/mol. The molecule has 3 amide bonds. The van der Waals surface area contributed by atoms with Crippen molar-refractivity contribution in [1.82, 2.24) is 10.4 Å². The van der Waals surface area contributed by atoms with Gasteiger partial charge in [-0.2, -0.15) is 0 Å². The van der Waals surface area contributed by atoms with Gasteiger partial charge in [0, 0.05) is 23.1 Å². The number of anilines is 1. The van der Waals surface area contributed by atoms with Crippen LogP contribution in [0.1, 0.15) is 16.8 Å². The molecule has 0 spiro atoms. The van der Waals surface area contributed by atoms with Crippen LogP contribution in [0.3, 0.4) is 0 Å². The van der Waals surface area contributed by atoms with E-state index in [0.717, 1.165) is 5.01 Å². The highest BCUT2D eigenvalue weighted by Gasteiger charge is 2.36. The van der Waals surface area contributed by atoms with Crippen molar-refractivity contribution >= 4 is 41.0 Å². The number of rotatable bonds is 8. The molecule has 0 aliphatic carbocycles. The molecule has 1 saturated heterocycles. The second-order valence-electron chi connectivity index (χ2n) is 7.08. The zero-order valence-corrected chi connectivity index (χ0v) is 18.7. The molecule has 0 saturated carbocycles. The van der Waals surface area contributed by atoms with Crippen LogP contribution < -0.4 is 20.2 Å². The molecular formula is C22H22ClN3O7. The molecule has 1 atom stereocenters. The van der Waals surface area contributed by atoms with E-state index in [1.807, 2.05) is 0 Å². The molecule has 1 aliphatic heterocycles. The average Bonchev–Trinajstić information content (AvgIpc) is 3.18. The quantitative estimate of drug-likeness (QED) is 0.560. The number of carbonyl (C=O) groups excluding carboxylic acids is 4. The third kappa shape index (κ3) is 6.13. The standard InChI is InChI=1S/C22H22ClN3O7/c1-31-16-7-8-17(18(10-16)32-2)24-19(27)12-33-22(30)14-9-20(28)26(11-14)25-21(29)13-3-5-15(23)6-4-13/h3-8,10,14H,9,11-12H2,1-2H3,(H,24,27)(H,25,29)/t14-/m1/s1. The van der Waals surface area contributed by atoms with Crippen LogP contribution in [0.4, 0.5) is 5.69 Å². The summed E-state index contributed by atoms with van der Waals surface area (Å²) in [6, 6.07) is 11.0. The van der Waals surface area contributed by atoms with Gasteiger partial charge in [-0.3, -0.25) is 29.6 Å². The number of hydrazine groups is 1. The van der Waals surface area contributed by atoms with E-state index in [0.29, 0.717) is 27.8 Å². The number of halogens is 1. The summed E-state index contributed by atoms with van der Waals surface area (Å²) >= 11 is 5.80. The largest absolute Gasteiger partial charge is 0.497 e. The number of nitrogens with one attached hydrogen (secondary N) is 2. The lowest BCUT2D eigenvalue weighted by atomic mass is 10.1. The maximum absolute atomic E-state index is 12.3. The number of methoxy groups -OCH3 is 2. The molecule has 174 valence electrons. The molecule has 10 nitrogen and oxygen atoms in total. The van der Waals surface area contributed by atoms with Gasteiger partial charge in [0.15, 0.2) is 6.61 Å². The molecule has 0 radical (unpaired) electrons. The van der Waals surface area contributed by atoms with E-state index in [2.05, 4.69) is 10.7 Å². The van der Waals surface area contributed by atoms with Crippen molar-refractivity contribution in [1.29, 1.82) is 0 Å². The predicted molar refractivity (Wildman–Crippen MR) is 118 cm³/mol. The number of ether oxygens (including phenoxy) is 3. The van der Waals surface area contributed by atoms with E-state index in [-0.39, 0.29) is 13.0 Å². The lowest BCUT2D eigenvalue weighted by molar-refractivity contribution is -0.151. The van der Waals surface area contributed by atoms with Crippen molar-refractivity contribution in [3.8, 4) is 11.5 Å². The molecule has 3 rings (SSSR count). The summed E-state index contributed by atoms with van der Waals surface area (Å²) in [5.41, 5.74) is 3.15. The highest BCUT2D eigenvalue weighted by Crippen LogP contribution is 2.29. The topological polar surface area (TPSA) is 123 Å². The number of nitrogens with zero attached hydrogens (tertiary/aromatic N) is 1. The van der Waals surface area contributed by atoms with Gasteiger partial charge in [0.2, 0.25) is 5.91 Å². The van der Waals surface area contributed by atoms with Crippen molar-refractivity contribution in [2.75, 3.05) is 32.7 Å². The van der Waals surface area contributed by atoms with Crippen LogP contribution in [0.5, 0.6) is 11.5 Å². The maximum atomic E-state index is 12.3. The minimum atomic E-state index is -0.814. The summed E-state index contributed by atoms with van der Waals surface area (Å²) in [6.45, 7) is -0.610. The molecule has 2 aromatic carbocycles. The lowest BCUT2D eigenvalue weighted by Crippen LogP contribution is -2.43.